The second-order valence-corrected chi connectivity index (χ2v) is 9.08. The lowest BCUT2D eigenvalue weighted by atomic mass is 10.2. The Labute approximate surface area is 145 Å². The number of sulfone groups is 1. The molecule has 136 valence electrons. The van der Waals surface area contributed by atoms with Crippen molar-refractivity contribution in [2.45, 2.75) is 63.9 Å². The summed E-state index contributed by atoms with van der Waals surface area (Å²) in [5, 5.41) is 2.70. The number of rotatable bonds is 8. The number of amides is 1. The summed E-state index contributed by atoms with van der Waals surface area (Å²) >= 11 is 0. The maximum Gasteiger partial charge on any atom is 0.407 e. The largest absolute Gasteiger partial charge is 0.444 e. The zero-order chi connectivity index (χ0) is 18.2. The van der Waals surface area contributed by atoms with Crippen molar-refractivity contribution in [3.63, 3.8) is 0 Å². The minimum absolute atomic E-state index is 0.162. The Morgan fingerprint density at radius 2 is 1.62 bits per heavy atom. The molecule has 6 heteroatoms. The molecule has 0 atom stereocenters. The van der Waals surface area contributed by atoms with E-state index in [-0.39, 0.29) is 5.75 Å². The Morgan fingerprint density at radius 1 is 1.04 bits per heavy atom. The SMILES string of the molecule is Cc1ccc(S(=O)(=O)CCCCCCNC(=O)OC(C)(C)C)cc1. The predicted molar refractivity (Wildman–Crippen MR) is 95.9 cm³/mol. The number of alkyl carbamates (subject to hydrolysis) is 1. The number of ether oxygens (including phenoxy) is 1. The monoisotopic (exact) mass is 355 g/mol. The highest BCUT2D eigenvalue weighted by molar-refractivity contribution is 7.91. The third-order valence-electron chi connectivity index (χ3n) is 3.39. The lowest BCUT2D eigenvalue weighted by Crippen LogP contribution is -2.32. The molecule has 0 aliphatic heterocycles. The van der Waals surface area contributed by atoms with Crippen LogP contribution in [0.15, 0.2) is 29.2 Å². The van der Waals surface area contributed by atoms with E-state index in [0.717, 1.165) is 24.8 Å². The van der Waals surface area contributed by atoms with Crippen LogP contribution in [0.5, 0.6) is 0 Å². The van der Waals surface area contributed by atoms with Gasteiger partial charge in [-0.3, -0.25) is 0 Å². The van der Waals surface area contributed by atoms with Gasteiger partial charge in [0.1, 0.15) is 5.60 Å². The van der Waals surface area contributed by atoms with Crippen LogP contribution in [-0.2, 0) is 14.6 Å². The first-order valence-corrected chi connectivity index (χ1v) is 10.0. The normalized spacial score (nSPS) is 12.0. The van der Waals surface area contributed by atoms with Gasteiger partial charge in [0.2, 0.25) is 0 Å². The fourth-order valence-electron chi connectivity index (χ4n) is 2.14. The molecule has 0 aromatic heterocycles. The summed E-state index contributed by atoms with van der Waals surface area (Å²) in [4.78, 5) is 11.8. The molecule has 0 aliphatic carbocycles. The molecule has 1 aromatic rings. The van der Waals surface area contributed by atoms with Crippen molar-refractivity contribution in [2.24, 2.45) is 0 Å². The molecule has 0 unspecified atom stereocenters. The van der Waals surface area contributed by atoms with Gasteiger partial charge in [-0.2, -0.15) is 0 Å². The van der Waals surface area contributed by atoms with Gasteiger partial charge in [0.05, 0.1) is 10.6 Å². The van der Waals surface area contributed by atoms with Crippen LogP contribution in [0.3, 0.4) is 0 Å². The molecule has 0 aliphatic rings. The average molecular weight is 356 g/mol. The standard InChI is InChI=1S/C18H29NO4S/c1-15-9-11-16(12-10-15)24(21,22)14-8-6-5-7-13-19-17(20)23-18(2,3)4/h9-12H,5-8,13-14H2,1-4H3,(H,19,20). The fourth-order valence-corrected chi connectivity index (χ4v) is 3.51. The number of carbonyl (C=O) groups is 1. The molecule has 1 N–H and O–H groups in total. The first kappa shape index (κ1) is 20.5. The molecule has 1 aromatic carbocycles. The van der Waals surface area contributed by atoms with Gasteiger partial charge < -0.3 is 10.1 Å². The molecule has 5 nitrogen and oxygen atoms in total. The third kappa shape index (κ3) is 8.34. The average Bonchev–Trinajstić information content (AvgIpc) is 2.44. The topological polar surface area (TPSA) is 72.5 Å². The highest BCUT2D eigenvalue weighted by Crippen LogP contribution is 2.14. The number of aryl methyl sites for hydroxylation is 1. The van der Waals surface area contributed by atoms with E-state index in [0.29, 0.717) is 17.9 Å². The van der Waals surface area contributed by atoms with Crippen LogP contribution in [0, 0.1) is 6.92 Å². The maximum absolute atomic E-state index is 12.2. The summed E-state index contributed by atoms with van der Waals surface area (Å²) in [7, 11) is -3.19. The second-order valence-electron chi connectivity index (χ2n) is 6.97. The van der Waals surface area contributed by atoms with E-state index >= 15 is 0 Å². The predicted octanol–water partition coefficient (Wildman–Crippen LogP) is 3.85. The zero-order valence-electron chi connectivity index (χ0n) is 15.1. The van der Waals surface area contributed by atoms with Crippen molar-refractivity contribution in [2.75, 3.05) is 12.3 Å². The van der Waals surface area contributed by atoms with E-state index in [2.05, 4.69) is 5.32 Å². The first-order valence-electron chi connectivity index (χ1n) is 8.36. The summed E-state index contributed by atoms with van der Waals surface area (Å²) in [6.45, 7) is 7.94. The van der Waals surface area contributed by atoms with Gasteiger partial charge >= 0.3 is 6.09 Å². The lowest BCUT2D eigenvalue weighted by molar-refractivity contribution is 0.0527. The van der Waals surface area contributed by atoms with E-state index in [1.54, 1.807) is 12.1 Å². The minimum Gasteiger partial charge on any atom is -0.444 e. The molecule has 1 amide bonds. The summed E-state index contributed by atoms with van der Waals surface area (Å²) in [6.07, 6.45) is 2.72. The van der Waals surface area contributed by atoms with Crippen LogP contribution in [-0.4, -0.2) is 32.4 Å². The smallest absolute Gasteiger partial charge is 0.407 e. The molecule has 24 heavy (non-hydrogen) atoms. The van der Waals surface area contributed by atoms with E-state index in [9.17, 15) is 13.2 Å². The van der Waals surface area contributed by atoms with Gasteiger partial charge in [-0.05, 0) is 52.7 Å². The Morgan fingerprint density at radius 3 is 2.21 bits per heavy atom. The third-order valence-corrected chi connectivity index (χ3v) is 5.20. The van der Waals surface area contributed by atoms with Gasteiger partial charge in [-0.1, -0.05) is 30.5 Å². The van der Waals surface area contributed by atoms with Crippen LogP contribution >= 0.6 is 0 Å². The quantitative estimate of drug-likeness (QED) is 0.719. The van der Waals surface area contributed by atoms with Crippen molar-refractivity contribution in [1.82, 2.24) is 5.32 Å². The Balaban J connectivity index is 2.18. The Hall–Kier alpha value is -1.56. The number of unbranched alkanes of at least 4 members (excludes halogenated alkanes) is 3. The van der Waals surface area contributed by atoms with Crippen molar-refractivity contribution < 1.29 is 17.9 Å². The van der Waals surface area contributed by atoms with Gasteiger partial charge in [-0.25, -0.2) is 13.2 Å². The molecule has 0 saturated carbocycles. The molecule has 1 rings (SSSR count). The first-order chi connectivity index (χ1) is 11.1. The summed E-state index contributed by atoms with van der Waals surface area (Å²) < 4.78 is 29.5. The summed E-state index contributed by atoms with van der Waals surface area (Å²) in [5.41, 5.74) is 0.556. The second kappa shape index (κ2) is 9.06. The van der Waals surface area contributed by atoms with Gasteiger partial charge in [0, 0.05) is 6.54 Å². The van der Waals surface area contributed by atoms with E-state index in [1.165, 1.54) is 0 Å². The summed E-state index contributed by atoms with van der Waals surface area (Å²) in [6, 6.07) is 6.95. The van der Waals surface area contributed by atoms with Crippen molar-refractivity contribution in [1.29, 1.82) is 0 Å². The van der Waals surface area contributed by atoms with Gasteiger partial charge in [-0.15, -0.1) is 0 Å². The van der Waals surface area contributed by atoms with Crippen LogP contribution in [0.1, 0.15) is 52.0 Å². The highest BCUT2D eigenvalue weighted by Gasteiger charge is 2.15. The molecule has 0 heterocycles. The fraction of sp³-hybridized carbons (Fsp3) is 0.611. The minimum atomic E-state index is -3.19. The number of hydrogen-bond donors (Lipinski definition) is 1. The van der Waals surface area contributed by atoms with Crippen molar-refractivity contribution in [3.8, 4) is 0 Å². The van der Waals surface area contributed by atoms with Gasteiger partial charge in [0.15, 0.2) is 9.84 Å². The zero-order valence-corrected chi connectivity index (χ0v) is 15.9. The molecular formula is C18H29NO4S. The van der Waals surface area contributed by atoms with E-state index in [4.69, 9.17) is 4.74 Å². The summed E-state index contributed by atoms with van der Waals surface area (Å²) in [5.74, 6) is 0.162. The Kier molecular flexibility index (Phi) is 7.73. The number of hydrogen-bond acceptors (Lipinski definition) is 4. The Bertz CT molecular complexity index is 615. The van der Waals surface area contributed by atoms with Crippen molar-refractivity contribution >= 4 is 15.9 Å². The van der Waals surface area contributed by atoms with Crippen LogP contribution < -0.4 is 5.32 Å². The number of nitrogens with one attached hydrogen (secondary N) is 1. The van der Waals surface area contributed by atoms with E-state index < -0.39 is 21.5 Å². The number of benzene rings is 1. The molecule has 0 fully saturated rings. The molecule has 0 saturated heterocycles. The molecule has 0 radical (unpaired) electrons. The van der Waals surface area contributed by atoms with Crippen LogP contribution in [0.4, 0.5) is 4.79 Å². The van der Waals surface area contributed by atoms with Gasteiger partial charge in [0.25, 0.3) is 0 Å². The molecular weight excluding hydrogens is 326 g/mol. The van der Waals surface area contributed by atoms with Crippen LogP contribution in [0.2, 0.25) is 0 Å². The number of carbonyl (C=O) groups excluding carboxylic acids is 1. The van der Waals surface area contributed by atoms with Crippen LogP contribution in [0.25, 0.3) is 0 Å². The van der Waals surface area contributed by atoms with Crippen molar-refractivity contribution in [3.05, 3.63) is 29.8 Å². The van der Waals surface area contributed by atoms with E-state index in [1.807, 2.05) is 39.8 Å². The lowest BCUT2D eigenvalue weighted by Gasteiger charge is -2.19. The maximum atomic E-state index is 12.2. The molecule has 0 spiro atoms. The molecule has 0 bridgehead atoms. The highest BCUT2D eigenvalue weighted by atomic mass is 32.2.